The first-order valence-electron chi connectivity index (χ1n) is 11.2. The summed E-state index contributed by atoms with van der Waals surface area (Å²) in [6.07, 6.45) is 0. The van der Waals surface area contributed by atoms with Gasteiger partial charge in [-0.05, 0) is 64.5 Å². The second kappa shape index (κ2) is 11.6. The molecule has 0 spiro atoms. The number of carbonyl (C=O) groups is 1. The quantitative estimate of drug-likeness (QED) is 0.309. The summed E-state index contributed by atoms with van der Waals surface area (Å²) >= 11 is 1.58. The Morgan fingerprint density at radius 2 is 1.31 bits per heavy atom. The number of halogens is 1. The summed E-state index contributed by atoms with van der Waals surface area (Å²) in [7, 11) is 3.24. The number of nitrogens with one attached hydrogen (secondary N) is 2. The first-order chi connectivity index (χ1) is 17.1. The van der Waals surface area contributed by atoms with Crippen LogP contribution in [0, 0.1) is 5.82 Å². The van der Waals surface area contributed by atoms with Gasteiger partial charge in [-0.15, -0.1) is 11.3 Å². The summed E-state index contributed by atoms with van der Waals surface area (Å²) in [5.41, 5.74) is 2.75. The van der Waals surface area contributed by atoms with E-state index in [1.165, 1.54) is 12.1 Å². The molecule has 0 bridgehead atoms. The molecule has 2 N–H and O–H groups in total. The molecule has 1 atom stereocenters. The van der Waals surface area contributed by atoms with Gasteiger partial charge in [0, 0.05) is 4.88 Å². The summed E-state index contributed by atoms with van der Waals surface area (Å²) in [4.78, 5) is 14.2. The maximum atomic E-state index is 13.5. The van der Waals surface area contributed by atoms with Crippen LogP contribution in [0.25, 0.3) is 0 Å². The molecule has 3 aromatic carbocycles. The van der Waals surface area contributed by atoms with Crippen molar-refractivity contribution in [3.05, 3.63) is 118 Å². The molecule has 7 heteroatoms. The monoisotopic (exact) mass is 490 g/mol. The Hall–Kier alpha value is -3.68. The number of hydrogen-bond donors (Lipinski definition) is 2. The molecule has 1 amide bonds. The van der Waals surface area contributed by atoms with Crippen molar-refractivity contribution in [2.45, 2.75) is 12.1 Å². The van der Waals surface area contributed by atoms with E-state index in [0.29, 0.717) is 0 Å². The average molecular weight is 491 g/mol. The van der Waals surface area contributed by atoms with E-state index in [0.717, 1.165) is 33.1 Å². The second-order valence-corrected chi connectivity index (χ2v) is 8.91. The van der Waals surface area contributed by atoms with Gasteiger partial charge in [0.1, 0.15) is 17.3 Å². The van der Waals surface area contributed by atoms with Gasteiger partial charge in [-0.1, -0.05) is 42.5 Å². The molecule has 180 valence electrons. The van der Waals surface area contributed by atoms with Crippen LogP contribution in [0.5, 0.6) is 11.5 Å². The van der Waals surface area contributed by atoms with Crippen LogP contribution in [-0.4, -0.2) is 26.7 Å². The van der Waals surface area contributed by atoms with Crippen molar-refractivity contribution in [3.63, 3.8) is 0 Å². The summed E-state index contributed by atoms with van der Waals surface area (Å²) < 4.78 is 24.0. The third kappa shape index (κ3) is 6.26. The Bertz CT molecular complexity index is 1160. The molecular weight excluding hydrogens is 463 g/mol. The molecule has 0 aliphatic rings. The predicted molar refractivity (Wildman–Crippen MR) is 137 cm³/mol. The van der Waals surface area contributed by atoms with Crippen LogP contribution in [0.1, 0.15) is 33.7 Å². The van der Waals surface area contributed by atoms with Crippen molar-refractivity contribution in [3.8, 4) is 11.5 Å². The van der Waals surface area contributed by atoms with Crippen molar-refractivity contribution in [2.24, 2.45) is 0 Å². The van der Waals surface area contributed by atoms with E-state index in [-0.39, 0.29) is 30.4 Å². The molecular formula is C28H27FN2O3S. The average Bonchev–Trinajstić information content (AvgIpc) is 3.43. The van der Waals surface area contributed by atoms with Crippen molar-refractivity contribution >= 4 is 17.2 Å². The zero-order valence-electron chi connectivity index (χ0n) is 19.5. The van der Waals surface area contributed by atoms with Crippen molar-refractivity contribution in [2.75, 3.05) is 20.8 Å². The van der Waals surface area contributed by atoms with Crippen LogP contribution in [0.15, 0.2) is 90.3 Å². The number of amides is 1. The van der Waals surface area contributed by atoms with Crippen LogP contribution in [0.2, 0.25) is 0 Å². The number of thiophene rings is 1. The fraction of sp³-hybridized carbons (Fsp3) is 0.179. The third-order valence-corrected chi connectivity index (χ3v) is 6.64. The first kappa shape index (κ1) is 24.4. The zero-order chi connectivity index (χ0) is 24.6. The normalized spacial score (nSPS) is 11.8. The van der Waals surface area contributed by atoms with Crippen molar-refractivity contribution in [1.82, 2.24) is 10.6 Å². The highest BCUT2D eigenvalue weighted by molar-refractivity contribution is 7.10. The molecule has 35 heavy (non-hydrogen) atoms. The van der Waals surface area contributed by atoms with Crippen LogP contribution >= 0.6 is 11.3 Å². The number of hydrogen-bond acceptors (Lipinski definition) is 5. The zero-order valence-corrected chi connectivity index (χ0v) is 20.3. The lowest BCUT2D eigenvalue weighted by Crippen LogP contribution is -2.38. The minimum atomic E-state index is -0.355. The Kier molecular flexibility index (Phi) is 8.13. The molecule has 5 nitrogen and oxygen atoms in total. The predicted octanol–water partition coefficient (Wildman–Crippen LogP) is 5.49. The fourth-order valence-corrected chi connectivity index (χ4v) is 4.68. The maximum Gasteiger partial charge on any atom is 0.234 e. The van der Waals surface area contributed by atoms with Gasteiger partial charge in [0.15, 0.2) is 0 Å². The highest BCUT2D eigenvalue weighted by Crippen LogP contribution is 2.28. The van der Waals surface area contributed by atoms with Crippen LogP contribution in [0.3, 0.4) is 0 Å². The van der Waals surface area contributed by atoms with Gasteiger partial charge in [0.2, 0.25) is 5.91 Å². The summed E-state index contributed by atoms with van der Waals surface area (Å²) in [5, 5.41) is 8.47. The molecule has 0 saturated carbocycles. The summed E-state index contributed by atoms with van der Waals surface area (Å²) in [6.45, 7) is 0.0861. The highest BCUT2D eigenvalue weighted by Gasteiger charge is 2.20. The van der Waals surface area contributed by atoms with E-state index in [4.69, 9.17) is 9.47 Å². The molecule has 0 aliphatic heterocycles. The smallest absolute Gasteiger partial charge is 0.234 e. The molecule has 0 saturated heterocycles. The highest BCUT2D eigenvalue weighted by atomic mass is 32.1. The molecule has 0 radical (unpaired) electrons. The van der Waals surface area contributed by atoms with Gasteiger partial charge >= 0.3 is 0 Å². The Labute approximate surface area is 208 Å². The summed E-state index contributed by atoms with van der Waals surface area (Å²) in [6, 6.07) is 25.0. The molecule has 1 unspecified atom stereocenters. The number of benzene rings is 3. The minimum Gasteiger partial charge on any atom is -0.497 e. The lowest BCUT2D eigenvalue weighted by molar-refractivity contribution is -0.120. The Morgan fingerprint density at radius 3 is 1.80 bits per heavy atom. The van der Waals surface area contributed by atoms with Gasteiger partial charge in [-0.2, -0.15) is 0 Å². The first-order valence-corrected chi connectivity index (χ1v) is 12.0. The second-order valence-electron chi connectivity index (χ2n) is 7.93. The van der Waals surface area contributed by atoms with E-state index < -0.39 is 0 Å². The van der Waals surface area contributed by atoms with E-state index in [1.807, 2.05) is 66.0 Å². The molecule has 1 heterocycles. The lowest BCUT2D eigenvalue weighted by atomic mass is 9.98. The van der Waals surface area contributed by atoms with Crippen LogP contribution in [0.4, 0.5) is 4.39 Å². The van der Waals surface area contributed by atoms with E-state index in [1.54, 1.807) is 37.7 Å². The number of rotatable bonds is 10. The largest absolute Gasteiger partial charge is 0.497 e. The van der Waals surface area contributed by atoms with Gasteiger partial charge in [0.25, 0.3) is 0 Å². The Balaban J connectivity index is 1.52. The van der Waals surface area contributed by atoms with E-state index in [2.05, 4.69) is 10.6 Å². The SMILES string of the molecule is COc1ccc(C(NC(=O)CNC(c2ccc(F)cc2)c2cccs2)c2ccc(OC)cc2)cc1. The van der Waals surface area contributed by atoms with Gasteiger partial charge in [0.05, 0.1) is 32.8 Å². The summed E-state index contributed by atoms with van der Waals surface area (Å²) in [5.74, 6) is 1.03. The number of carbonyl (C=O) groups excluding carboxylic acids is 1. The topological polar surface area (TPSA) is 59.6 Å². The molecule has 4 rings (SSSR count). The lowest BCUT2D eigenvalue weighted by Gasteiger charge is -2.22. The van der Waals surface area contributed by atoms with Crippen molar-refractivity contribution < 1.29 is 18.7 Å². The number of methoxy groups -OCH3 is 2. The Morgan fingerprint density at radius 1 is 0.800 bits per heavy atom. The molecule has 0 aliphatic carbocycles. The van der Waals surface area contributed by atoms with Gasteiger partial charge < -0.3 is 14.8 Å². The molecule has 0 fully saturated rings. The standard InChI is InChI=1S/C28H27FN2O3S/c1-33-23-13-7-19(8-14-23)27(20-9-15-24(34-2)16-10-20)31-26(32)18-30-28(25-4-3-17-35-25)21-5-11-22(29)12-6-21/h3-17,27-28,30H,18H2,1-2H3,(H,31,32). The number of ether oxygens (including phenoxy) is 2. The van der Waals surface area contributed by atoms with Gasteiger partial charge in [-0.25, -0.2) is 4.39 Å². The maximum absolute atomic E-state index is 13.5. The van der Waals surface area contributed by atoms with Crippen LogP contribution in [-0.2, 0) is 4.79 Å². The molecule has 1 aromatic heterocycles. The van der Waals surface area contributed by atoms with Crippen LogP contribution < -0.4 is 20.1 Å². The van der Waals surface area contributed by atoms with E-state index in [9.17, 15) is 9.18 Å². The van der Waals surface area contributed by atoms with E-state index >= 15 is 0 Å². The van der Waals surface area contributed by atoms with Crippen molar-refractivity contribution in [1.29, 1.82) is 0 Å². The minimum absolute atomic E-state index is 0.0861. The third-order valence-electron chi connectivity index (χ3n) is 5.70. The molecule has 4 aromatic rings. The fourth-order valence-electron chi connectivity index (χ4n) is 3.85. The van der Waals surface area contributed by atoms with Gasteiger partial charge in [-0.3, -0.25) is 10.1 Å².